The van der Waals surface area contributed by atoms with Crippen LogP contribution in [0, 0.1) is 11.8 Å². The fourth-order valence-corrected chi connectivity index (χ4v) is 2.22. The van der Waals surface area contributed by atoms with Gasteiger partial charge in [-0.3, -0.25) is 0 Å². The summed E-state index contributed by atoms with van der Waals surface area (Å²) in [6.07, 6.45) is 11.5. The second-order valence-corrected chi connectivity index (χ2v) is 5.17. The molecule has 1 aliphatic rings. The molecule has 16 heavy (non-hydrogen) atoms. The Morgan fingerprint density at radius 1 is 1.25 bits per heavy atom. The van der Waals surface area contributed by atoms with Gasteiger partial charge in [-0.15, -0.1) is 0 Å². The number of hydrogen-bond donors (Lipinski definition) is 0. The largest absolute Gasteiger partial charge is 0.303 e. The Balaban J connectivity index is 2.70. The molecule has 1 nitrogen and oxygen atoms in total. The number of aldehydes is 1. The van der Waals surface area contributed by atoms with Crippen LogP contribution in [0.1, 0.15) is 52.9 Å². The lowest BCUT2D eigenvalue weighted by molar-refractivity contribution is -0.112. The molecule has 0 saturated carbocycles. The molecule has 2 atom stereocenters. The molecule has 0 radical (unpaired) electrons. The van der Waals surface area contributed by atoms with Crippen molar-refractivity contribution in [1.29, 1.82) is 0 Å². The molecule has 0 aliphatic heterocycles. The van der Waals surface area contributed by atoms with Gasteiger partial charge in [-0.1, -0.05) is 30.2 Å². The molecule has 1 aliphatic carbocycles. The van der Waals surface area contributed by atoms with Crippen molar-refractivity contribution in [2.24, 2.45) is 11.8 Å². The molecule has 0 bridgehead atoms. The molecule has 0 aromatic carbocycles. The lowest BCUT2D eigenvalue weighted by Crippen LogP contribution is -2.13. The van der Waals surface area contributed by atoms with E-state index in [0.29, 0.717) is 5.92 Å². The highest BCUT2D eigenvalue weighted by Gasteiger charge is 2.16. The molecule has 0 aromatic heterocycles. The third kappa shape index (κ3) is 4.34. The van der Waals surface area contributed by atoms with Gasteiger partial charge in [0, 0.05) is 5.92 Å². The molecule has 90 valence electrons. The van der Waals surface area contributed by atoms with Crippen molar-refractivity contribution in [2.75, 3.05) is 0 Å². The van der Waals surface area contributed by atoms with Gasteiger partial charge in [0.2, 0.25) is 0 Å². The number of hydrogen-bond acceptors (Lipinski definition) is 1. The third-order valence-corrected chi connectivity index (χ3v) is 3.67. The van der Waals surface area contributed by atoms with E-state index in [2.05, 4.69) is 26.0 Å². The van der Waals surface area contributed by atoms with E-state index in [0.717, 1.165) is 25.5 Å². The first-order chi connectivity index (χ1) is 7.63. The molecule has 0 N–H and O–H groups in total. The highest BCUT2D eigenvalue weighted by Crippen LogP contribution is 2.25. The molecule has 0 fully saturated rings. The van der Waals surface area contributed by atoms with Crippen molar-refractivity contribution in [3.05, 3.63) is 23.3 Å². The summed E-state index contributed by atoms with van der Waals surface area (Å²) in [6, 6.07) is 0. The molecule has 0 heterocycles. The van der Waals surface area contributed by atoms with Crippen LogP contribution < -0.4 is 0 Å². The Morgan fingerprint density at radius 3 is 2.62 bits per heavy atom. The number of allylic oxidation sites excluding steroid dienone is 4. The molecule has 1 heteroatoms. The summed E-state index contributed by atoms with van der Waals surface area (Å²) in [5.74, 6) is 0.713. The minimum absolute atomic E-state index is 0.191. The summed E-state index contributed by atoms with van der Waals surface area (Å²) >= 11 is 0. The van der Waals surface area contributed by atoms with Gasteiger partial charge < -0.3 is 4.79 Å². The fraction of sp³-hybridized carbons (Fsp3) is 0.667. The van der Waals surface area contributed by atoms with Gasteiger partial charge in [0.1, 0.15) is 6.29 Å². The lowest BCUT2D eigenvalue weighted by atomic mass is 9.85. The van der Waals surface area contributed by atoms with Crippen molar-refractivity contribution in [2.45, 2.75) is 52.9 Å². The van der Waals surface area contributed by atoms with Crippen molar-refractivity contribution >= 4 is 6.29 Å². The summed E-state index contributed by atoms with van der Waals surface area (Å²) in [5.41, 5.74) is 2.95. The Bertz CT molecular complexity index is 286. The Hall–Kier alpha value is -0.850. The SMILES string of the molecule is CC1=CC[C@H](C(C)C=O)CCC(C)=CCC1. The zero-order valence-electron chi connectivity index (χ0n) is 10.8. The van der Waals surface area contributed by atoms with Crippen LogP contribution in [0.4, 0.5) is 0 Å². The Labute approximate surface area is 99.6 Å². The minimum Gasteiger partial charge on any atom is -0.303 e. The molecule has 1 unspecified atom stereocenters. The highest BCUT2D eigenvalue weighted by molar-refractivity contribution is 5.53. The smallest absolute Gasteiger partial charge is 0.123 e. The lowest BCUT2D eigenvalue weighted by Gasteiger charge is -2.19. The summed E-state index contributed by atoms with van der Waals surface area (Å²) in [4.78, 5) is 10.9. The van der Waals surface area contributed by atoms with Gasteiger partial charge in [-0.05, 0) is 51.9 Å². The van der Waals surface area contributed by atoms with Crippen LogP contribution in [-0.4, -0.2) is 6.29 Å². The summed E-state index contributed by atoms with van der Waals surface area (Å²) < 4.78 is 0. The van der Waals surface area contributed by atoms with E-state index < -0.39 is 0 Å². The fourth-order valence-electron chi connectivity index (χ4n) is 2.22. The van der Waals surface area contributed by atoms with Gasteiger partial charge in [0.05, 0.1) is 0 Å². The molecule has 0 aromatic rings. The maximum absolute atomic E-state index is 10.9. The van der Waals surface area contributed by atoms with Crippen molar-refractivity contribution in [1.82, 2.24) is 0 Å². The van der Waals surface area contributed by atoms with Gasteiger partial charge in [-0.25, -0.2) is 0 Å². The number of rotatable bonds is 2. The number of carbonyl (C=O) groups excluding carboxylic acids is 1. The van der Waals surface area contributed by atoms with Crippen LogP contribution in [0.15, 0.2) is 23.3 Å². The summed E-state index contributed by atoms with van der Waals surface area (Å²) in [7, 11) is 0. The minimum atomic E-state index is 0.191. The van der Waals surface area contributed by atoms with E-state index in [4.69, 9.17) is 0 Å². The quantitative estimate of drug-likeness (QED) is 0.501. The van der Waals surface area contributed by atoms with Crippen molar-refractivity contribution in [3.8, 4) is 0 Å². The molecule has 0 spiro atoms. The van der Waals surface area contributed by atoms with E-state index in [1.807, 2.05) is 6.92 Å². The molecule has 0 amide bonds. The van der Waals surface area contributed by atoms with E-state index in [1.54, 1.807) is 0 Å². The summed E-state index contributed by atoms with van der Waals surface area (Å²) in [5, 5.41) is 0. The van der Waals surface area contributed by atoms with Crippen LogP contribution in [-0.2, 0) is 4.79 Å². The van der Waals surface area contributed by atoms with Crippen molar-refractivity contribution < 1.29 is 4.79 Å². The van der Waals surface area contributed by atoms with Gasteiger partial charge >= 0.3 is 0 Å². The molecule has 1 rings (SSSR count). The maximum Gasteiger partial charge on any atom is 0.123 e. The second kappa shape index (κ2) is 6.67. The predicted octanol–water partition coefficient (Wildman–Crippen LogP) is 4.29. The Kier molecular flexibility index (Phi) is 5.51. The van der Waals surface area contributed by atoms with Crippen LogP contribution in [0.25, 0.3) is 0 Å². The monoisotopic (exact) mass is 220 g/mol. The van der Waals surface area contributed by atoms with Crippen molar-refractivity contribution in [3.63, 3.8) is 0 Å². The van der Waals surface area contributed by atoms with Crippen LogP contribution in [0.5, 0.6) is 0 Å². The highest BCUT2D eigenvalue weighted by atomic mass is 16.1. The zero-order chi connectivity index (χ0) is 12.0. The predicted molar refractivity (Wildman–Crippen MR) is 69.3 cm³/mol. The van der Waals surface area contributed by atoms with E-state index in [1.165, 1.54) is 24.0 Å². The van der Waals surface area contributed by atoms with Crippen LogP contribution in [0.2, 0.25) is 0 Å². The third-order valence-electron chi connectivity index (χ3n) is 3.67. The standard InChI is InChI=1S/C15H24O/c1-12-5-4-6-13(2)8-10-15(9-7-12)14(3)11-16/h5,8,11,14-15H,4,6-7,9-10H2,1-3H3/t14?,15-/m1/s1. The molecular formula is C15H24O. The van der Waals surface area contributed by atoms with E-state index in [9.17, 15) is 4.79 Å². The maximum atomic E-state index is 10.9. The van der Waals surface area contributed by atoms with Gasteiger partial charge in [0.25, 0.3) is 0 Å². The summed E-state index contributed by atoms with van der Waals surface area (Å²) in [6.45, 7) is 6.46. The Morgan fingerprint density at radius 2 is 1.94 bits per heavy atom. The van der Waals surface area contributed by atoms with Crippen LogP contribution in [0.3, 0.4) is 0 Å². The first-order valence-corrected chi connectivity index (χ1v) is 6.40. The second-order valence-electron chi connectivity index (χ2n) is 5.17. The molecule has 0 saturated heterocycles. The van der Waals surface area contributed by atoms with Gasteiger partial charge in [0.15, 0.2) is 0 Å². The molecular weight excluding hydrogens is 196 g/mol. The number of carbonyl (C=O) groups is 1. The first kappa shape index (κ1) is 13.2. The topological polar surface area (TPSA) is 17.1 Å². The normalized spacial score (nSPS) is 25.3. The van der Waals surface area contributed by atoms with E-state index in [-0.39, 0.29) is 5.92 Å². The average Bonchev–Trinajstić information content (AvgIpc) is 2.28. The first-order valence-electron chi connectivity index (χ1n) is 6.40. The zero-order valence-corrected chi connectivity index (χ0v) is 10.8. The van der Waals surface area contributed by atoms with E-state index >= 15 is 0 Å². The van der Waals surface area contributed by atoms with Gasteiger partial charge in [-0.2, -0.15) is 0 Å². The van der Waals surface area contributed by atoms with Crippen LogP contribution >= 0.6 is 0 Å². The average molecular weight is 220 g/mol.